The molecule has 178 valence electrons. The highest BCUT2D eigenvalue weighted by Gasteiger charge is 2.28. The maximum absolute atomic E-state index is 13.2. The molecule has 1 N–H and O–H groups in total. The van der Waals surface area contributed by atoms with Crippen LogP contribution in [0.4, 0.5) is 17.1 Å². The van der Waals surface area contributed by atoms with Gasteiger partial charge in [0.05, 0.1) is 34.4 Å². The Bertz CT molecular complexity index is 1140. The molecule has 0 bridgehead atoms. The minimum Gasteiger partial charge on any atom is -0.379 e. The molecule has 1 aliphatic rings. The molecule has 10 nitrogen and oxygen atoms in total. The first-order valence-corrected chi connectivity index (χ1v) is 12.2. The average molecular weight is 477 g/mol. The van der Waals surface area contributed by atoms with Crippen LogP contribution in [0.5, 0.6) is 0 Å². The highest BCUT2D eigenvalue weighted by atomic mass is 32.2. The van der Waals surface area contributed by atoms with Gasteiger partial charge in [-0.1, -0.05) is 12.1 Å². The molecular weight excluding hydrogens is 448 g/mol. The van der Waals surface area contributed by atoms with Gasteiger partial charge in [0.2, 0.25) is 10.0 Å². The van der Waals surface area contributed by atoms with Crippen molar-refractivity contribution in [3.63, 3.8) is 0 Å². The van der Waals surface area contributed by atoms with E-state index in [9.17, 15) is 23.3 Å². The van der Waals surface area contributed by atoms with Crippen molar-refractivity contribution < 1.29 is 22.9 Å². The largest absolute Gasteiger partial charge is 0.379 e. The van der Waals surface area contributed by atoms with Gasteiger partial charge in [0.1, 0.15) is 5.56 Å². The summed E-state index contributed by atoms with van der Waals surface area (Å²) in [5.74, 6) is -0.681. The van der Waals surface area contributed by atoms with Crippen LogP contribution in [0.2, 0.25) is 0 Å². The van der Waals surface area contributed by atoms with E-state index in [2.05, 4.69) is 5.32 Å². The summed E-state index contributed by atoms with van der Waals surface area (Å²) in [4.78, 5) is 26.1. The molecule has 0 aliphatic carbocycles. The van der Waals surface area contributed by atoms with Crippen molar-refractivity contribution >= 4 is 33.0 Å². The van der Waals surface area contributed by atoms with Crippen molar-refractivity contribution in [2.75, 3.05) is 49.6 Å². The fourth-order valence-electron chi connectivity index (χ4n) is 3.83. The highest BCUT2D eigenvalue weighted by Crippen LogP contribution is 2.32. The molecular formula is C22H28N4O6S. The quantitative estimate of drug-likeness (QED) is 0.459. The zero-order valence-corrected chi connectivity index (χ0v) is 19.7. The van der Waals surface area contributed by atoms with E-state index >= 15 is 0 Å². The molecule has 2 aromatic rings. The van der Waals surface area contributed by atoms with Gasteiger partial charge in [-0.25, -0.2) is 8.42 Å². The smallest absolute Gasteiger partial charge is 0.285 e. The first-order chi connectivity index (χ1) is 15.7. The Hall–Kier alpha value is -3.02. The van der Waals surface area contributed by atoms with Crippen molar-refractivity contribution in [3.05, 3.63) is 57.6 Å². The van der Waals surface area contributed by atoms with Crippen molar-refractivity contribution in [3.8, 4) is 0 Å². The van der Waals surface area contributed by atoms with E-state index in [1.54, 1.807) is 25.1 Å². The van der Waals surface area contributed by atoms with Crippen LogP contribution < -0.4 is 10.2 Å². The third-order valence-corrected chi connectivity index (χ3v) is 7.49. The first-order valence-electron chi connectivity index (χ1n) is 10.7. The molecule has 1 aliphatic heterocycles. The zero-order valence-electron chi connectivity index (χ0n) is 18.9. The van der Waals surface area contributed by atoms with E-state index in [1.807, 2.05) is 18.7 Å². The number of morpholine rings is 1. The molecule has 11 heteroatoms. The number of para-hydroxylation sites is 1. The number of nitrogens with one attached hydrogen (secondary N) is 1. The maximum Gasteiger partial charge on any atom is 0.285 e. The lowest BCUT2D eigenvalue weighted by Gasteiger charge is -2.28. The predicted molar refractivity (Wildman–Crippen MR) is 125 cm³/mol. The van der Waals surface area contributed by atoms with E-state index in [4.69, 9.17) is 4.74 Å². The topological polar surface area (TPSA) is 122 Å². The number of carbonyl (C=O) groups excluding carboxylic acids is 1. The van der Waals surface area contributed by atoms with Crippen LogP contribution in [0, 0.1) is 17.0 Å². The number of carbonyl (C=O) groups is 1. The second-order valence-electron chi connectivity index (χ2n) is 7.55. The number of anilines is 2. The van der Waals surface area contributed by atoms with Crippen molar-refractivity contribution in [2.45, 2.75) is 25.7 Å². The summed E-state index contributed by atoms with van der Waals surface area (Å²) in [7, 11) is -3.79. The number of nitrogens with zero attached hydrogens (tertiary/aromatic N) is 3. The minimum absolute atomic E-state index is 0.0364. The van der Waals surface area contributed by atoms with Gasteiger partial charge in [-0.05, 0) is 45.0 Å². The van der Waals surface area contributed by atoms with Crippen LogP contribution in [0.25, 0.3) is 0 Å². The number of hydrogen-bond acceptors (Lipinski definition) is 7. The summed E-state index contributed by atoms with van der Waals surface area (Å²) in [5, 5.41) is 14.3. The van der Waals surface area contributed by atoms with Crippen molar-refractivity contribution in [2.24, 2.45) is 0 Å². The molecule has 0 radical (unpaired) electrons. The van der Waals surface area contributed by atoms with Gasteiger partial charge in [-0.3, -0.25) is 14.9 Å². The monoisotopic (exact) mass is 476 g/mol. The Labute approximate surface area is 193 Å². The summed E-state index contributed by atoms with van der Waals surface area (Å²) < 4.78 is 32.9. The van der Waals surface area contributed by atoms with Crippen LogP contribution >= 0.6 is 0 Å². The Morgan fingerprint density at radius 3 is 2.45 bits per heavy atom. The van der Waals surface area contributed by atoms with Crippen LogP contribution in [0.3, 0.4) is 0 Å². The van der Waals surface area contributed by atoms with Gasteiger partial charge < -0.3 is 15.0 Å². The second kappa shape index (κ2) is 10.3. The maximum atomic E-state index is 13.2. The number of aryl methyl sites for hydroxylation is 1. The van der Waals surface area contributed by atoms with E-state index in [0.717, 1.165) is 0 Å². The zero-order chi connectivity index (χ0) is 24.2. The van der Waals surface area contributed by atoms with E-state index in [-0.39, 0.29) is 34.9 Å². The molecule has 3 rings (SSSR count). The summed E-state index contributed by atoms with van der Waals surface area (Å²) in [5.41, 5.74) is 0.891. The number of ether oxygens (including phenoxy) is 1. The molecule has 0 unspecified atom stereocenters. The van der Waals surface area contributed by atoms with Gasteiger partial charge in [-0.2, -0.15) is 4.31 Å². The minimum atomic E-state index is -3.79. The molecule has 1 amide bonds. The van der Waals surface area contributed by atoms with E-state index < -0.39 is 20.9 Å². The normalized spacial score (nSPS) is 14.6. The summed E-state index contributed by atoms with van der Waals surface area (Å²) in [6.07, 6.45) is 0. The summed E-state index contributed by atoms with van der Waals surface area (Å²) in [6, 6.07) is 9.10. The number of amides is 1. The van der Waals surface area contributed by atoms with Gasteiger partial charge in [0.15, 0.2) is 0 Å². The fourth-order valence-corrected chi connectivity index (χ4v) is 5.26. The Morgan fingerprint density at radius 1 is 1.18 bits per heavy atom. The fraction of sp³-hybridized carbons (Fsp3) is 0.409. The molecule has 1 saturated heterocycles. The Kier molecular flexibility index (Phi) is 7.67. The summed E-state index contributed by atoms with van der Waals surface area (Å²) in [6.45, 7) is 7.83. The standard InChI is InChI=1S/C22H28N4O6S/c1-4-24(5-2)20-10-9-17(33(30,31)25-11-13-32-14-12-25)15-19(20)23-22(27)18-8-6-7-16(3)21(18)26(28)29/h6-10,15H,4-5,11-14H2,1-3H3,(H,23,27). The number of benzene rings is 2. The van der Waals surface area contributed by atoms with Gasteiger partial charge >= 0.3 is 0 Å². The average Bonchev–Trinajstić information content (AvgIpc) is 2.80. The van der Waals surface area contributed by atoms with Crippen LogP contribution in [0.1, 0.15) is 29.8 Å². The molecule has 0 aromatic heterocycles. The third-order valence-electron chi connectivity index (χ3n) is 5.59. The molecule has 2 aromatic carbocycles. The van der Waals surface area contributed by atoms with Crippen LogP contribution in [-0.2, 0) is 14.8 Å². The van der Waals surface area contributed by atoms with Gasteiger partial charge in [0, 0.05) is 31.7 Å². The lowest BCUT2D eigenvalue weighted by molar-refractivity contribution is -0.385. The van der Waals surface area contributed by atoms with E-state index in [0.29, 0.717) is 37.6 Å². The van der Waals surface area contributed by atoms with Crippen molar-refractivity contribution in [1.82, 2.24) is 4.31 Å². The molecule has 0 spiro atoms. The number of rotatable bonds is 8. The van der Waals surface area contributed by atoms with Crippen LogP contribution in [-0.4, -0.2) is 62.9 Å². The lowest BCUT2D eigenvalue weighted by Crippen LogP contribution is -2.40. The summed E-state index contributed by atoms with van der Waals surface area (Å²) >= 11 is 0. The van der Waals surface area contributed by atoms with E-state index in [1.165, 1.54) is 22.5 Å². The molecule has 1 heterocycles. The highest BCUT2D eigenvalue weighted by molar-refractivity contribution is 7.89. The SMILES string of the molecule is CCN(CC)c1ccc(S(=O)(=O)N2CCOCC2)cc1NC(=O)c1cccc(C)c1[N+](=O)[O-]. The molecule has 0 saturated carbocycles. The Balaban J connectivity index is 2.05. The number of nitro groups is 1. The number of hydrogen-bond donors (Lipinski definition) is 1. The van der Waals surface area contributed by atoms with Crippen molar-refractivity contribution in [1.29, 1.82) is 0 Å². The third kappa shape index (κ3) is 5.15. The van der Waals surface area contributed by atoms with Gasteiger partial charge in [-0.15, -0.1) is 0 Å². The molecule has 1 fully saturated rings. The lowest BCUT2D eigenvalue weighted by atomic mass is 10.1. The molecule has 0 atom stereocenters. The molecule has 33 heavy (non-hydrogen) atoms. The first kappa shape index (κ1) is 24.6. The number of nitro benzene ring substituents is 1. The predicted octanol–water partition coefficient (Wildman–Crippen LogP) is 3.02. The van der Waals surface area contributed by atoms with Crippen LogP contribution in [0.15, 0.2) is 41.3 Å². The second-order valence-corrected chi connectivity index (χ2v) is 9.49. The number of sulfonamides is 1. The van der Waals surface area contributed by atoms with Gasteiger partial charge in [0.25, 0.3) is 11.6 Å². The Morgan fingerprint density at radius 2 is 1.85 bits per heavy atom.